The summed E-state index contributed by atoms with van der Waals surface area (Å²) in [4.78, 5) is 0. The molecule has 5 heteroatoms. The van der Waals surface area contributed by atoms with Crippen LogP contribution in [0, 0.1) is 0 Å². The van der Waals surface area contributed by atoms with E-state index in [2.05, 4.69) is 4.72 Å². The molecule has 0 amide bonds. The summed E-state index contributed by atoms with van der Waals surface area (Å²) < 4.78 is 31.4. The quantitative estimate of drug-likeness (QED) is 0.806. The Labute approximate surface area is 98.8 Å². The molecule has 1 fully saturated rings. The lowest BCUT2D eigenvalue weighted by atomic mass is 10.1. The van der Waals surface area contributed by atoms with Crippen molar-refractivity contribution in [2.45, 2.75) is 58.1 Å². The lowest BCUT2D eigenvalue weighted by molar-refractivity contribution is 0.104. The predicted molar refractivity (Wildman–Crippen MR) is 64.9 cm³/mol. The first-order valence-corrected chi connectivity index (χ1v) is 7.57. The first kappa shape index (κ1) is 13.9. The Morgan fingerprint density at radius 2 is 2.06 bits per heavy atom. The van der Waals surface area contributed by atoms with Crippen LogP contribution in [0.3, 0.4) is 0 Å². The van der Waals surface area contributed by atoms with E-state index < -0.39 is 10.0 Å². The van der Waals surface area contributed by atoms with Crippen LogP contribution in [-0.4, -0.2) is 32.4 Å². The average molecular weight is 249 g/mol. The fraction of sp³-hybridized carbons (Fsp3) is 1.00. The average Bonchev–Trinajstić information content (AvgIpc) is 2.51. The summed E-state index contributed by atoms with van der Waals surface area (Å²) >= 11 is 0. The molecule has 16 heavy (non-hydrogen) atoms. The number of rotatable bonds is 5. The van der Waals surface area contributed by atoms with E-state index in [4.69, 9.17) is 4.74 Å². The van der Waals surface area contributed by atoms with E-state index in [1.807, 2.05) is 20.8 Å². The number of hydrogen-bond acceptors (Lipinski definition) is 3. The van der Waals surface area contributed by atoms with Gasteiger partial charge in [0.05, 0.1) is 11.9 Å². The standard InChI is InChI=1S/C11H23NO3S/c1-11(2,3)12-16(13,14)9-5-7-10-6-4-8-15-10/h10,12H,4-9H2,1-3H3. The van der Waals surface area contributed by atoms with Crippen molar-refractivity contribution in [2.75, 3.05) is 12.4 Å². The van der Waals surface area contributed by atoms with Crippen LogP contribution in [0.25, 0.3) is 0 Å². The molecular formula is C11H23NO3S. The zero-order chi connectivity index (χ0) is 12.2. The molecule has 1 rings (SSSR count). The van der Waals surface area contributed by atoms with Crippen molar-refractivity contribution in [1.29, 1.82) is 0 Å². The normalized spacial score (nSPS) is 22.6. The van der Waals surface area contributed by atoms with Crippen LogP contribution >= 0.6 is 0 Å². The van der Waals surface area contributed by atoms with Crippen LogP contribution in [0.4, 0.5) is 0 Å². The zero-order valence-electron chi connectivity index (χ0n) is 10.5. The Bertz CT molecular complexity index is 300. The van der Waals surface area contributed by atoms with Crippen LogP contribution in [0.5, 0.6) is 0 Å². The Balaban J connectivity index is 2.25. The number of hydrogen-bond donors (Lipinski definition) is 1. The molecule has 1 aliphatic heterocycles. The molecular weight excluding hydrogens is 226 g/mol. The van der Waals surface area contributed by atoms with Crippen molar-refractivity contribution in [1.82, 2.24) is 4.72 Å². The fourth-order valence-corrected chi connectivity index (χ4v) is 3.47. The smallest absolute Gasteiger partial charge is 0.212 e. The second-order valence-corrected chi connectivity index (χ2v) is 7.29. The lowest BCUT2D eigenvalue weighted by Crippen LogP contribution is -2.41. The monoisotopic (exact) mass is 249 g/mol. The van der Waals surface area contributed by atoms with Crippen molar-refractivity contribution < 1.29 is 13.2 Å². The highest BCUT2D eigenvalue weighted by Gasteiger charge is 2.21. The third kappa shape index (κ3) is 5.82. The molecule has 1 saturated heterocycles. The highest BCUT2D eigenvalue weighted by Crippen LogP contribution is 2.17. The van der Waals surface area contributed by atoms with E-state index in [1.165, 1.54) is 0 Å². The lowest BCUT2D eigenvalue weighted by Gasteiger charge is -2.20. The molecule has 1 heterocycles. The van der Waals surface area contributed by atoms with Crippen molar-refractivity contribution in [3.63, 3.8) is 0 Å². The molecule has 1 unspecified atom stereocenters. The molecule has 0 aromatic carbocycles. The van der Waals surface area contributed by atoms with Gasteiger partial charge in [0.2, 0.25) is 10.0 Å². The molecule has 1 N–H and O–H groups in total. The summed E-state index contributed by atoms with van der Waals surface area (Å²) in [6, 6.07) is 0. The molecule has 0 spiro atoms. The summed E-state index contributed by atoms with van der Waals surface area (Å²) in [5.74, 6) is 0.199. The molecule has 0 bridgehead atoms. The van der Waals surface area contributed by atoms with Gasteiger partial charge in [-0.15, -0.1) is 0 Å². The predicted octanol–water partition coefficient (Wildman–Crippen LogP) is 1.66. The SMILES string of the molecule is CC(C)(C)NS(=O)(=O)CCCC1CCCO1. The maximum absolute atomic E-state index is 11.7. The summed E-state index contributed by atoms with van der Waals surface area (Å²) in [5, 5.41) is 0. The van der Waals surface area contributed by atoms with Crippen molar-refractivity contribution >= 4 is 10.0 Å². The van der Waals surface area contributed by atoms with Gasteiger partial charge in [-0.3, -0.25) is 0 Å². The van der Waals surface area contributed by atoms with Crippen molar-refractivity contribution in [2.24, 2.45) is 0 Å². The van der Waals surface area contributed by atoms with E-state index in [0.717, 1.165) is 25.9 Å². The first-order valence-electron chi connectivity index (χ1n) is 5.92. The van der Waals surface area contributed by atoms with Crippen molar-refractivity contribution in [3.05, 3.63) is 0 Å². The van der Waals surface area contributed by atoms with Gasteiger partial charge in [0.15, 0.2) is 0 Å². The molecule has 0 aromatic rings. The van der Waals surface area contributed by atoms with E-state index in [-0.39, 0.29) is 17.4 Å². The maximum Gasteiger partial charge on any atom is 0.212 e. The van der Waals surface area contributed by atoms with Crippen LogP contribution in [0.1, 0.15) is 46.5 Å². The molecule has 0 aliphatic carbocycles. The van der Waals surface area contributed by atoms with Crippen LogP contribution in [-0.2, 0) is 14.8 Å². The van der Waals surface area contributed by atoms with Crippen LogP contribution in [0.15, 0.2) is 0 Å². The van der Waals surface area contributed by atoms with E-state index >= 15 is 0 Å². The Morgan fingerprint density at radius 3 is 2.56 bits per heavy atom. The molecule has 0 radical (unpaired) electrons. The number of nitrogens with one attached hydrogen (secondary N) is 1. The van der Waals surface area contributed by atoms with Gasteiger partial charge in [-0.05, 0) is 46.5 Å². The van der Waals surface area contributed by atoms with E-state index in [1.54, 1.807) is 0 Å². The third-order valence-corrected chi connectivity index (χ3v) is 4.17. The fourth-order valence-electron chi connectivity index (χ4n) is 1.89. The topological polar surface area (TPSA) is 55.4 Å². The molecule has 96 valence electrons. The summed E-state index contributed by atoms with van der Waals surface area (Å²) in [6.07, 6.45) is 4.00. The van der Waals surface area contributed by atoms with Gasteiger partial charge in [0, 0.05) is 12.1 Å². The van der Waals surface area contributed by atoms with Gasteiger partial charge in [-0.25, -0.2) is 13.1 Å². The van der Waals surface area contributed by atoms with Gasteiger partial charge in [-0.2, -0.15) is 0 Å². The first-order chi connectivity index (χ1) is 7.29. The summed E-state index contributed by atoms with van der Waals surface area (Å²) in [7, 11) is -3.14. The van der Waals surface area contributed by atoms with Gasteiger partial charge in [0.1, 0.15) is 0 Å². The second kappa shape index (κ2) is 5.47. The third-order valence-electron chi connectivity index (χ3n) is 2.42. The largest absolute Gasteiger partial charge is 0.378 e. The van der Waals surface area contributed by atoms with Gasteiger partial charge >= 0.3 is 0 Å². The zero-order valence-corrected chi connectivity index (χ0v) is 11.3. The minimum atomic E-state index is -3.14. The van der Waals surface area contributed by atoms with E-state index in [0.29, 0.717) is 6.42 Å². The van der Waals surface area contributed by atoms with Gasteiger partial charge in [0.25, 0.3) is 0 Å². The second-order valence-electron chi connectivity index (χ2n) is 5.45. The number of sulfonamides is 1. The summed E-state index contributed by atoms with van der Waals surface area (Å²) in [6.45, 7) is 6.39. The van der Waals surface area contributed by atoms with Gasteiger partial charge in [-0.1, -0.05) is 0 Å². The molecule has 0 aromatic heterocycles. The Morgan fingerprint density at radius 1 is 1.38 bits per heavy atom. The minimum Gasteiger partial charge on any atom is -0.378 e. The van der Waals surface area contributed by atoms with Crippen molar-refractivity contribution in [3.8, 4) is 0 Å². The molecule has 1 aliphatic rings. The maximum atomic E-state index is 11.7. The molecule has 1 atom stereocenters. The highest BCUT2D eigenvalue weighted by atomic mass is 32.2. The van der Waals surface area contributed by atoms with Crippen LogP contribution < -0.4 is 4.72 Å². The summed E-state index contributed by atoms with van der Waals surface area (Å²) in [5.41, 5.74) is -0.386. The van der Waals surface area contributed by atoms with E-state index in [9.17, 15) is 8.42 Å². The van der Waals surface area contributed by atoms with Gasteiger partial charge < -0.3 is 4.74 Å². The highest BCUT2D eigenvalue weighted by molar-refractivity contribution is 7.89. The minimum absolute atomic E-state index is 0.199. The molecule has 4 nitrogen and oxygen atoms in total. The Hall–Kier alpha value is -0.130. The Kier molecular flexibility index (Phi) is 4.76. The molecule has 0 saturated carbocycles. The van der Waals surface area contributed by atoms with Crippen LogP contribution in [0.2, 0.25) is 0 Å². The number of ether oxygens (including phenoxy) is 1.